The van der Waals surface area contributed by atoms with Crippen molar-refractivity contribution in [3.8, 4) is 0 Å². The van der Waals surface area contributed by atoms with Crippen molar-refractivity contribution in [3.05, 3.63) is 33.6 Å². The number of hydroxylamine groups is 1. The summed E-state index contributed by atoms with van der Waals surface area (Å²) in [7, 11) is 0. The quantitative estimate of drug-likeness (QED) is 0.827. The minimum atomic E-state index is -0.362. The van der Waals surface area contributed by atoms with Crippen molar-refractivity contribution in [2.24, 2.45) is 10.9 Å². The average molecular weight is 378 g/mol. The fraction of sp³-hybridized carbons (Fsp3) is 0.438. The van der Waals surface area contributed by atoms with Crippen LogP contribution in [-0.4, -0.2) is 36.1 Å². The van der Waals surface area contributed by atoms with Gasteiger partial charge in [0.05, 0.1) is 11.4 Å². The Hall–Kier alpha value is -0.950. The van der Waals surface area contributed by atoms with E-state index in [1.807, 2.05) is 0 Å². The van der Waals surface area contributed by atoms with Gasteiger partial charge in [-0.05, 0) is 59.4 Å². The molecule has 3 fully saturated rings. The summed E-state index contributed by atoms with van der Waals surface area (Å²) in [6, 6.07) is 8.48. The second-order valence-corrected chi connectivity index (χ2v) is 8.24. The Bertz CT molecular complexity index is 781. The van der Waals surface area contributed by atoms with Crippen LogP contribution in [0.5, 0.6) is 0 Å². The fourth-order valence-electron chi connectivity index (χ4n) is 3.86. The van der Waals surface area contributed by atoms with Crippen LogP contribution < -0.4 is 5.48 Å². The molecule has 2 aromatic rings. The highest BCUT2D eigenvalue weighted by Crippen LogP contribution is 2.42. The molecule has 0 amide bonds. The number of fused-ring (bicyclic) bond motifs is 3. The number of benzene rings is 1. The molecule has 0 aliphatic carbocycles. The number of hydrogen-bond acceptors (Lipinski definition) is 5. The molecule has 6 heteroatoms. The highest BCUT2D eigenvalue weighted by Gasteiger charge is 2.51. The summed E-state index contributed by atoms with van der Waals surface area (Å²) in [5, 5.41) is 1.24. The molecule has 3 saturated heterocycles. The molecular formula is C16H16BrN3OS. The second kappa shape index (κ2) is 4.77. The molecule has 1 unspecified atom stereocenters. The Balaban J connectivity index is 1.55. The molecule has 0 radical (unpaired) electrons. The van der Waals surface area contributed by atoms with Gasteiger partial charge in [-0.2, -0.15) is 0 Å². The van der Waals surface area contributed by atoms with Crippen LogP contribution in [0.2, 0.25) is 0 Å². The monoisotopic (exact) mass is 377 g/mol. The van der Waals surface area contributed by atoms with E-state index < -0.39 is 0 Å². The van der Waals surface area contributed by atoms with Gasteiger partial charge in [-0.3, -0.25) is 4.90 Å². The number of nitrogens with zero attached hydrogens (tertiary/aromatic N) is 2. The summed E-state index contributed by atoms with van der Waals surface area (Å²) >= 11 is 5.38. The molecule has 6 rings (SSSR count). The Labute approximate surface area is 141 Å². The summed E-state index contributed by atoms with van der Waals surface area (Å²) < 4.78 is 2.40. The van der Waals surface area contributed by atoms with Crippen LogP contribution >= 0.6 is 27.3 Å². The third-order valence-corrected chi connectivity index (χ3v) is 7.14. The molecule has 4 aliphatic rings. The average Bonchev–Trinajstić information content (AvgIpc) is 3.14. The highest BCUT2D eigenvalue weighted by atomic mass is 79.9. The smallest absolute Gasteiger partial charge is 0.202 e. The van der Waals surface area contributed by atoms with E-state index in [4.69, 9.17) is 9.83 Å². The van der Waals surface area contributed by atoms with E-state index in [0.29, 0.717) is 5.92 Å². The number of thiophene rings is 1. The van der Waals surface area contributed by atoms with Gasteiger partial charge in [-0.25, -0.2) is 15.3 Å². The summed E-state index contributed by atoms with van der Waals surface area (Å²) in [6.45, 7) is 3.30. The van der Waals surface area contributed by atoms with Crippen molar-refractivity contribution in [1.82, 2.24) is 10.4 Å². The summed E-state index contributed by atoms with van der Waals surface area (Å²) in [5.41, 5.74) is 2.76. The van der Waals surface area contributed by atoms with Crippen molar-refractivity contribution in [2.75, 3.05) is 19.6 Å². The van der Waals surface area contributed by atoms with E-state index in [1.54, 1.807) is 11.3 Å². The zero-order chi connectivity index (χ0) is 14.7. The molecule has 5 heterocycles. The Morgan fingerprint density at radius 3 is 2.95 bits per heavy atom. The lowest BCUT2D eigenvalue weighted by Gasteiger charge is -2.47. The second-order valence-electron chi connectivity index (χ2n) is 6.33. The topological polar surface area (TPSA) is 36.9 Å². The molecule has 4 nitrogen and oxygen atoms in total. The molecule has 1 aromatic carbocycles. The molecule has 114 valence electrons. The van der Waals surface area contributed by atoms with Crippen LogP contribution in [-0.2, 0) is 4.84 Å². The van der Waals surface area contributed by atoms with Gasteiger partial charge in [0.1, 0.15) is 0 Å². The van der Waals surface area contributed by atoms with Crippen molar-refractivity contribution in [1.29, 1.82) is 0 Å². The third-order valence-electron chi connectivity index (χ3n) is 5.03. The number of nitrogens with one attached hydrogen (secondary N) is 1. The van der Waals surface area contributed by atoms with Crippen molar-refractivity contribution in [2.45, 2.75) is 18.6 Å². The van der Waals surface area contributed by atoms with E-state index in [2.05, 4.69) is 50.6 Å². The van der Waals surface area contributed by atoms with Gasteiger partial charge in [0.2, 0.25) is 5.72 Å². The normalized spacial score (nSPS) is 33.4. The maximum atomic E-state index is 6.01. The number of amidine groups is 1. The summed E-state index contributed by atoms with van der Waals surface area (Å²) in [4.78, 5) is 14.6. The van der Waals surface area contributed by atoms with Crippen LogP contribution in [0.3, 0.4) is 0 Å². The van der Waals surface area contributed by atoms with Crippen LogP contribution in [0.4, 0.5) is 0 Å². The lowest BCUT2D eigenvalue weighted by atomic mass is 9.81. The Morgan fingerprint density at radius 1 is 1.36 bits per heavy atom. The number of rotatable bonds is 1. The largest absolute Gasteiger partial charge is 0.298 e. The van der Waals surface area contributed by atoms with Gasteiger partial charge < -0.3 is 0 Å². The van der Waals surface area contributed by atoms with Crippen LogP contribution in [0.25, 0.3) is 10.1 Å². The van der Waals surface area contributed by atoms with E-state index in [9.17, 15) is 0 Å². The summed E-state index contributed by atoms with van der Waals surface area (Å²) in [6.07, 6.45) is 2.38. The van der Waals surface area contributed by atoms with Gasteiger partial charge in [-0.15, -0.1) is 11.3 Å². The Kier molecular flexibility index (Phi) is 2.92. The Morgan fingerprint density at radius 2 is 2.23 bits per heavy atom. The number of piperidine rings is 3. The van der Waals surface area contributed by atoms with E-state index in [1.165, 1.54) is 36.0 Å². The first-order valence-electron chi connectivity index (χ1n) is 7.68. The van der Waals surface area contributed by atoms with Gasteiger partial charge in [0, 0.05) is 15.1 Å². The molecule has 1 atom stereocenters. The van der Waals surface area contributed by atoms with E-state index in [0.717, 1.165) is 21.7 Å². The maximum absolute atomic E-state index is 6.01. The van der Waals surface area contributed by atoms with Crippen molar-refractivity contribution >= 4 is 43.2 Å². The molecule has 2 bridgehead atoms. The molecule has 1 aromatic heterocycles. The number of hydrogen-bond donors (Lipinski definition) is 1. The van der Waals surface area contributed by atoms with Crippen LogP contribution in [0.1, 0.15) is 17.7 Å². The van der Waals surface area contributed by atoms with Crippen molar-refractivity contribution < 1.29 is 4.84 Å². The van der Waals surface area contributed by atoms with Gasteiger partial charge in [0.15, 0.2) is 5.84 Å². The summed E-state index contributed by atoms with van der Waals surface area (Å²) in [5.74, 6) is 1.44. The fourth-order valence-corrected chi connectivity index (χ4v) is 5.48. The van der Waals surface area contributed by atoms with Crippen molar-refractivity contribution in [3.63, 3.8) is 0 Å². The highest BCUT2D eigenvalue weighted by molar-refractivity contribution is 9.10. The number of halogens is 1. The maximum Gasteiger partial charge on any atom is 0.202 e. The minimum Gasteiger partial charge on any atom is -0.298 e. The SMILES string of the molecule is Brc1cccc2cc(C3=NC4(CN5CCC4CC5)ON3)sc12. The molecule has 1 spiro atoms. The zero-order valence-electron chi connectivity index (χ0n) is 12.0. The molecule has 4 aliphatic heterocycles. The van der Waals surface area contributed by atoms with Gasteiger partial charge >= 0.3 is 0 Å². The zero-order valence-corrected chi connectivity index (χ0v) is 14.4. The first-order chi connectivity index (χ1) is 10.7. The van der Waals surface area contributed by atoms with E-state index >= 15 is 0 Å². The first-order valence-corrected chi connectivity index (χ1v) is 9.29. The predicted molar refractivity (Wildman–Crippen MR) is 92.2 cm³/mol. The van der Waals surface area contributed by atoms with E-state index in [-0.39, 0.29) is 5.72 Å². The number of aliphatic imine (C=N–C) groups is 1. The molecule has 1 N–H and O–H groups in total. The molecule has 0 saturated carbocycles. The van der Waals surface area contributed by atoms with Gasteiger partial charge in [-0.1, -0.05) is 12.1 Å². The lowest BCUT2D eigenvalue weighted by molar-refractivity contribution is -0.155. The van der Waals surface area contributed by atoms with Gasteiger partial charge in [0.25, 0.3) is 0 Å². The first kappa shape index (κ1) is 13.5. The predicted octanol–water partition coefficient (Wildman–Crippen LogP) is 3.37. The van der Waals surface area contributed by atoms with Crippen LogP contribution in [0, 0.1) is 5.92 Å². The molecule has 22 heavy (non-hydrogen) atoms. The standard InChI is InChI=1S/C16H16BrN3OS/c17-12-3-1-2-10-8-13(22-14(10)12)15-18-16(21-19-15)9-20-6-4-11(16)5-7-20/h1-3,8,11H,4-7,9H2,(H,18,19). The third kappa shape index (κ3) is 1.91. The minimum absolute atomic E-state index is 0.362. The molecular weight excluding hydrogens is 362 g/mol. The lowest BCUT2D eigenvalue weighted by Crippen LogP contribution is -2.58. The van der Waals surface area contributed by atoms with Crippen LogP contribution in [0.15, 0.2) is 33.7 Å².